The molecule has 0 aromatic rings. The Balaban J connectivity index is -0.0000000300. The molecule has 0 aromatic heterocycles. The van der Waals surface area contributed by atoms with Gasteiger partial charge in [0.25, 0.3) is 0 Å². The first kappa shape index (κ1) is 22.7. The molecule has 0 fully saturated rings. The molecule has 0 aliphatic heterocycles. The van der Waals surface area contributed by atoms with Gasteiger partial charge in [-0.2, -0.15) is 0 Å². The average Bonchev–Trinajstić information content (AvgIpc) is 1.25. The number of nitrogens with zero attached hydrogens (tertiary/aromatic N) is 2. The van der Waals surface area contributed by atoms with Crippen LogP contribution < -0.4 is 0 Å². The SMILES string of the molecule is O=[N+]([O-])[O-].O=[N+]([O-])[O-].[Cu].[Zn+2]. The van der Waals surface area contributed by atoms with Gasteiger partial charge in [0.15, 0.2) is 0 Å². The fraction of sp³-hybridized carbons (Fsp3) is 0. The number of hydrogen-bond acceptors (Lipinski definition) is 6. The van der Waals surface area contributed by atoms with Gasteiger partial charge in [0.1, 0.15) is 0 Å². The smallest absolute Gasteiger partial charge is 0.356 e. The molecule has 0 spiro atoms. The second kappa shape index (κ2) is 15.8. The summed E-state index contributed by atoms with van der Waals surface area (Å²) < 4.78 is 0. The fourth-order valence-electron chi connectivity index (χ4n) is 0. The largest absolute Gasteiger partial charge is 2.00 e. The van der Waals surface area contributed by atoms with E-state index in [1.807, 2.05) is 0 Å². The number of rotatable bonds is 0. The zero-order valence-corrected chi connectivity index (χ0v) is 8.26. The third-order valence-electron chi connectivity index (χ3n) is 0. The van der Waals surface area contributed by atoms with Crippen molar-refractivity contribution in [1.82, 2.24) is 0 Å². The zero-order chi connectivity index (χ0) is 7.15. The Morgan fingerprint density at radius 1 is 0.800 bits per heavy atom. The van der Waals surface area contributed by atoms with E-state index in [0.717, 1.165) is 0 Å². The van der Waals surface area contributed by atoms with Crippen molar-refractivity contribution >= 4 is 0 Å². The molecule has 0 bridgehead atoms. The quantitative estimate of drug-likeness (QED) is 0.325. The van der Waals surface area contributed by atoms with Crippen molar-refractivity contribution in [2.75, 3.05) is 0 Å². The first-order valence-electron chi connectivity index (χ1n) is 1.10. The van der Waals surface area contributed by atoms with Crippen molar-refractivity contribution in [1.29, 1.82) is 0 Å². The van der Waals surface area contributed by atoms with Gasteiger partial charge < -0.3 is 30.6 Å². The minimum absolute atomic E-state index is 0. The molecule has 10 heavy (non-hydrogen) atoms. The molecule has 0 saturated heterocycles. The third-order valence-corrected chi connectivity index (χ3v) is 0. The minimum Gasteiger partial charge on any atom is -0.356 e. The molecule has 0 aliphatic rings. The maximum absolute atomic E-state index is 8.25. The van der Waals surface area contributed by atoms with Crippen LogP contribution >= 0.6 is 0 Å². The van der Waals surface area contributed by atoms with E-state index in [9.17, 15) is 0 Å². The Morgan fingerprint density at radius 3 is 0.800 bits per heavy atom. The summed E-state index contributed by atoms with van der Waals surface area (Å²) in [5.74, 6) is 0. The van der Waals surface area contributed by atoms with E-state index in [1.165, 1.54) is 0 Å². The molecule has 1 radical (unpaired) electrons. The van der Waals surface area contributed by atoms with E-state index in [0.29, 0.717) is 0 Å². The average molecular weight is 253 g/mol. The van der Waals surface area contributed by atoms with Crippen LogP contribution in [0.1, 0.15) is 0 Å². The molecule has 0 saturated carbocycles. The zero-order valence-electron chi connectivity index (χ0n) is 4.35. The summed E-state index contributed by atoms with van der Waals surface area (Å²) in [4.78, 5) is 16.5. The summed E-state index contributed by atoms with van der Waals surface area (Å²) >= 11 is 0. The van der Waals surface area contributed by atoms with Crippen molar-refractivity contribution in [3.8, 4) is 0 Å². The Labute approximate surface area is 77.7 Å². The van der Waals surface area contributed by atoms with Gasteiger partial charge in [-0.3, -0.25) is 0 Å². The molecule has 0 N–H and O–H groups in total. The van der Waals surface area contributed by atoms with Crippen LogP contribution in [0.4, 0.5) is 0 Å². The van der Waals surface area contributed by atoms with Crippen LogP contribution in [-0.4, -0.2) is 10.2 Å². The molecule has 0 aromatic carbocycles. The summed E-state index contributed by atoms with van der Waals surface area (Å²) in [5.41, 5.74) is 0. The van der Waals surface area contributed by atoms with E-state index in [2.05, 4.69) is 0 Å². The standard InChI is InChI=1S/Cu.2NO3.Zn/c;2*2-1(3)4;/q;2*-1;+2. The van der Waals surface area contributed by atoms with Gasteiger partial charge in [-0.05, 0) is 0 Å². The molecule has 0 unspecified atom stereocenters. The predicted octanol–water partition coefficient (Wildman–Crippen LogP) is -0.483. The van der Waals surface area contributed by atoms with Crippen LogP contribution in [0.25, 0.3) is 0 Å². The van der Waals surface area contributed by atoms with Crippen molar-refractivity contribution in [2.45, 2.75) is 0 Å². The van der Waals surface area contributed by atoms with Crippen LogP contribution in [0.3, 0.4) is 0 Å². The third kappa shape index (κ3) is 1550. The van der Waals surface area contributed by atoms with Gasteiger partial charge >= 0.3 is 19.5 Å². The molecule has 59 valence electrons. The van der Waals surface area contributed by atoms with Gasteiger partial charge in [-0.25, -0.2) is 0 Å². The van der Waals surface area contributed by atoms with Gasteiger partial charge in [0, 0.05) is 17.1 Å². The Morgan fingerprint density at radius 2 is 0.800 bits per heavy atom. The summed E-state index contributed by atoms with van der Waals surface area (Å²) in [6.07, 6.45) is 0. The predicted molar refractivity (Wildman–Crippen MR) is 20.7 cm³/mol. The molecule has 0 heterocycles. The molecular formula is CuN2O6Zn. The molecule has 10 heteroatoms. The Hall–Kier alpha value is -0.457. The van der Waals surface area contributed by atoms with Gasteiger partial charge in [-0.15, -0.1) is 0 Å². The first-order valence-corrected chi connectivity index (χ1v) is 1.10. The van der Waals surface area contributed by atoms with E-state index in [-0.39, 0.29) is 36.5 Å². The van der Waals surface area contributed by atoms with Crippen LogP contribution in [0.2, 0.25) is 0 Å². The van der Waals surface area contributed by atoms with Crippen LogP contribution in [-0.2, 0) is 36.5 Å². The summed E-state index contributed by atoms with van der Waals surface area (Å²) in [6, 6.07) is 0. The molecule has 0 rings (SSSR count). The van der Waals surface area contributed by atoms with Gasteiger partial charge in [0.05, 0.1) is 10.2 Å². The van der Waals surface area contributed by atoms with E-state index in [4.69, 9.17) is 30.6 Å². The number of hydrogen-bond donors (Lipinski definition) is 0. The van der Waals surface area contributed by atoms with Crippen molar-refractivity contribution in [2.24, 2.45) is 0 Å². The maximum Gasteiger partial charge on any atom is 2.00 e. The first-order chi connectivity index (χ1) is 3.46. The molecule has 0 atom stereocenters. The van der Waals surface area contributed by atoms with E-state index in [1.54, 1.807) is 0 Å². The second-order valence-corrected chi connectivity index (χ2v) is 0.447. The van der Waals surface area contributed by atoms with Crippen molar-refractivity contribution in [3.05, 3.63) is 30.6 Å². The Kier molecular flexibility index (Phi) is 35.9. The topological polar surface area (TPSA) is 132 Å². The fourth-order valence-corrected chi connectivity index (χ4v) is 0. The molecular weight excluding hydrogens is 253 g/mol. The summed E-state index contributed by atoms with van der Waals surface area (Å²) in [5, 5.41) is 29.5. The van der Waals surface area contributed by atoms with E-state index >= 15 is 0 Å². The van der Waals surface area contributed by atoms with E-state index < -0.39 is 10.2 Å². The van der Waals surface area contributed by atoms with Gasteiger partial charge in [-0.1, -0.05) is 0 Å². The molecule has 8 nitrogen and oxygen atoms in total. The minimum atomic E-state index is -1.75. The molecule has 0 amide bonds. The van der Waals surface area contributed by atoms with Crippen LogP contribution in [0, 0.1) is 30.6 Å². The second-order valence-electron chi connectivity index (χ2n) is 0.447. The monoisotopic (exact) mass is 251 g/mol. The van der Waals surface area contributed by atoms with Crippen LogP contribution in [0.5, 0.6) is 0 Å². The van der Waals surface area contributed by atoms with Crippen LogP contribution in [0.15, 0.2) is 0 Å². The van der Waals surface area contributed by atoms with Crippen molar-refractivity contribution in [3.63, 3.8) is 0 Å². The van der Waals surface area contributed by atoms with Gasteiger partial charge in [0.2, 0.25) is 0 Å². The molecule has 0 aliphatic carbocycles. The maximum atomic E-state index is 8.25. The van der Waals surface area contributed by atoms with Crippen molar-refractivity contribution < 1.29 is 46.7 Å². The summed E-state index contributed by atoms with van der Waals surface area (Å²) in [6.45, 7) is 0. The normalized spacial score (nSPS) is 4.80. The summed E-state index contributed by atoms with van der Waals surface area (Å²) in [7, 11) is 0. The Bertz CT molecular complexity index is 73.7.